The number of nitrogens with one attached hydrogen (secondary N) is 1. The minimum atomic E-state index is -4.52. The lowest BCUT2D eigenvalue weighted by Gasteiger charge is -2.23. The van der Waals surface area contributed by atoms with Crippen molar-refractivity contribution in [1.82, 2.24) is 20.2 Å². The van der Waals surface area contributed by atoms with Crippen LogP contribution in [-0.4, -0.2) is 33.3 Å². The highest BCUT2D eigenvalue weighted by Crippen LogP contribution is 2.39. The molecule has 0 fully saturated rings. The van der Waals surface area contributed by atoms with Crippen molar-refractivity contribution in [2.45, 2.75) is 20.0 Å². The third kappa shape index (κ3) is 4.43. The van der Waals surface area contributed by atoms with E-state index in [9.17, 15) is 17.6 Å². The molecule has 0 spiro atoms. The Kier molecular flexibility index (Phi) is 6.11. The van der Waals surface area contributed by atoms with Gasteiger partial charge < -0.3 is 9.64 Å². The zero-order valence-electron chi connectivity index (χ0n) is 17.5. The molecule has 0 saturated heterocycles. The molecule has 4 rings (SSSR count). The van der Waals surface area contributed by atoms with Gasteiger partial charge in [-0.3, -0.25) is 5.10 Å². The SMILES string of the molecule is CCOc1ccc(F)cc1-c1nc(N(CC)c2ccc(C(F)(F)F)cc2Cl)nc2cn[nH]c12. The minimum absolute atomic E-state index is 0.107. The summed E-state index contributed by atoms with van der Waals surface area (Å²) in [5, 5.41) is 6.71. The van der Waals surface area contributed by atoms with Crippen molar-refractivity contribution in [2.75, 3.05) is 18.1 Å². The molecule has 11 heteroatoms. The smallest absolute Gasteiger partial charge is 0.416 e. The van der Waals surface area contributed by atoms with Crippen LogP contribution in [0.1, 0.15) is 19.4 Å². The molecule has 0 aliphatic heterocycles. The third-order valence-electron chi connectivity index (χ3n) is 4.91. The van der Waals surface area contributed by atoms with Crippen molar-refractivity contribution in [3.63, 3.8) is 0 Å². The van der Waals surface area contributed by atoms with Crippen LogP contribution in [0.4, 0.5) is 29.2 Å². The third-order valence-corrected chi connectivity index (χ3v) is 5.21. The second-order valence-corrected chi connectivity index (χ2v) is 7.39. The van der Waals surface area contributed by atoms with E-state index in [-0.39, 0.29) is 11.0 Å². The summed E-state index contributed by atoms with van der Waals surface area (Å²) in [5.41, 5.74) is 1.04. The molecule has 33 heavy (non-hydrogen) atoms. The van der Waals surface area contributed by atoms with E-state index in [0.717, 1.165) is 12.1 Å². The molecule has 0 unspecified atom stereocenters. The van der Waals surface area contributed by atoms with E-state index in [1.807, 2.05) is 0 Å². The quantitative estimate of drug-likeness (QED) is 0.325. The van der Waals surface area contributed by atoms with Crippen molar-refractivity contribution in [3.05, 3.63) is 59.0 Å². The maximum Gasteiger partial charge on any atom is 0.416 e. The molecular formula is C22H18ClF4N5O. The van der Waals surface area contributed by atoms with Gasteiger partial charge in [0.1, 0.15) is 28.3 Å². The molecule has 0 saturated carbocycles. The fourth-order valence-electron chi connectivity index (χ4n) is 3.43. The largest absolute Gasteiger partial charge is 0.493 e. The molecule has 172 valence electrons. The zero-order valence-corrected chi connectivity index (χ0v) is 18.3. The summed E-state index contributed by atoms with van der Waals surface area (Å²) in [6.07, 6.45) is -3.04. The second kappa shape index (κ2) is 8.86. The number of benzene rings is 2. The van der Waals surface area contributed by atoms with Gasteiger partial charge in [0.05, 0.1) is 29.1 Å². The summed E-state index contributed by atoms with van der Waals surface area (Å²) in [4.78, 5) is 10.7. The van der Waals surface area contributed by atoms with E-state index in [4.69, 9.17) is 16.3 Å². The van der Waals surface area contributed by atoms with Crippen molar-refractivity contribution < 1.29 is 22.3 Å². The van der Waals surface area contributed by atoms with Crippen LogP contribution >= 0.6 is 11.6 Å². The molecule has 0 radical (unpaired) electrons. The summed E-state index contributed by atoms with van der Waals surface area (Å²) in [5.74, 6) is 0.0873. The Morgan fingerprint density at radius 2 is 1.88 bits per heavy atom. The lowest BCUT2D eigenvalue weighted by molar-refractivity contribution is -0.137. The topological polar surface area (TPSA) is 66.9 Å². The number of alkyl halides is 3. The standard InChI is InChI=1S/C22H18ClF4N5O/c1-3-32(17-7-5-12(9-15(17)23)22(25,26)27)21-29-16-11-28-31-20(16)19(30-21)14-10-13(24)6-8-18(14)33-4-2/h5-11H,3-4H2,1-2H3,(H,28,31). The van der Waals surface area contributed by atoms with Gasteiger partial charge in [0.2, 0.25) is 5.95 Å². The zero-order chi connectivity index (χ0) is 23.8. The van der Waals surface area contributed by atoms with Gasteiger partial charge in [0, 0.05) is 12.1 Å². The van der Waals surface area contributed by atoms with Gasteiger partial charge in [-0.05, 0) is 50.2 Å². The number of nitrogens with zero attached hydrogens (tertiary/aromatic N) is 4. The number of ether oxygens (including phenoxy) is 1. The number of anilines is 2. The average Bonchev–Trinajstić information content (AvgIpc) is 3.24. The lowest BCUT2D eigenvalue weighted by Crippen LogP contribution is -2.20. The van der Waals surface area contributed by atoms with Gasteiger partial charge in [-0.1, -0.05) is 11.6 Å². The highest BCUT2D eigenvalue weighted by atomic mass is 35.5. The average molecular weight is 480 g/mol. The maximum absolute atomic E-state index is 14.1. The van der Waals surface area contributed by atoms with Crippen LogP contribution in [0.3, 0.4) is 0 Å². The van der Waals surface area contributed by atoms with Gasteiger partial charge >= 0.3 is 6.18 Å². The Hall–Kier alpha value is -3.40. The number of hydrogen-bond donors (Lipinski definition) is 1. The molecule has 0 atom stereocenters. The molecule has 2 aromatic carbocycles. The maximum atomic E-state index is 14.1. The predicted molar refractivity (Wildman–Crippen MR) is 117 cm³/mol. The molecule has 6 nitrogen and oxygen atoms in total. The molecule has 2 heterocycles. The fourth-order valence-corrected chi connectivity index (χ4v) is 3.72. The predicted octanol–water partition coefficient (Wildman–Crippen LogP) is 6.39. The summed E-state index contributed by atoms with van der Waals surface area (Å²) in [6.45, 7) is 4.24. The van der Waals surface area contributed by atoms with Crippen LogP contribution in [0.5, 0.6) is 5.75 Å². The first-order chi connectivity index (χ1) is 15.7. The van der Waals surface area contributed by atoms with Gasteiger partial charge in [0.15, 0.2) is 0 Å². The van der Waals surface area contributed by atoms with E-state index in [1.54, 1.807) is 18.7 Å². The van der Waals surface area contributed by atoms with E-state index < -0.39 is 17.6 Å². The number of hydrogen-bond acceptors (Lipinski definition) is 5. The van der Waals surface area contributed by atoms with Crippen molar-refractivity contribution >= 4 is 34.3 Å². The Morgan fingerprint density at radius 1 is 1.09 bits per heavy atom. The van der Waals surface area contributed by atoms with Crippen molar-refractivity contribution in [1.29, 1.82) is 0 Å². The number of fused-ring (bicyclic) bond motifs is 1. The van der Waals surface area contributed by atoms with Crippen LogP contribution in [0, 0.1) is 5.82 Å². The molecule has 1 N–H and O–H groups in total. The van der Waals surface area contributed by atoms with Gasteiger partial charge in [-0.15, -0.1) is 0 Å². The molecule has 0 amide bonds. The molecule has 2 aromatic heterocycles. The number of H-pyrrole nitrogens is 1. The Bertz CT molecular complexity index is 1310. The first-order valence-electron chi connectivity index (χ1n) is 10.0. The Labute approximate surface area is 191 Å². The Morgan fingerprint density at radius 3 is 2.55 bits per heavy atom. The van der Waals surface area contributed by atoms with E-state index >= 15 is 0 Å². The molecule has 4 aromatic rings. The van der Waals surface area contributed by atoms with Crippen molar-refractivity contribution in [3.8, 4) is 17.0 Å². The molecule has 0 aliphatic rings. The van der Waals surface area contributed by atoms with Gasteiger partial charge in [0.25, 0.3) is 0 Å². The van der Waals surface area contributed by atoms with Crippen LogP contribution < -0.4 is 9.64 Å². The highest BCUT2D eigenvalue weighted by molar-refractivity contribution is 6.33. The number of aromatic nitrogens is 4. The normalized spacial score (nSPS) is 11.7. The van der Waals surface area contributed by atoms with E-state index in [0.29, 0.717) is 46.9 Å². The number of aromatic amines is 1. The number of halogens is 5. The molecule has 0 bridgehead atoms. The van der Waals surface area contributed by atoms with E-state index in [2.05, 4.69) is 20.2 Å². The van der Waals surface area contributed by atoms with E-state index in [1.165, 1.54) is 30.5 Å². The van der Waals surface area contributed by atoms with Crippen LogP contribution in [-0.2, 0) is 6.18 Å². The van der Waals surface area contributed by atoms with Crippen LogP contribution in [0.15, 0.2) is 42.6 Å². The van der Waals surface area contributed by atoms with Gasteiger partial charge in [-0.25, -0.2) is 14.4 Å². The van der Waals surface area contributed by atoms with Crippen LogP contribution in [0.2, 0.25) is 5.02 Å². The Balaban J connectivity index is 1.89. The first-order valence-corrected chi connectivity index (χ1v) is 10.4. The highest BCUT2D eigenvalue weighted by Gasteiger charge is 2.31. The lowest BCUT2D eigenvalue weighted by atomic mass is 10.1. The fraction of sp³-hybridized carbons (Fsp3) is 0.227. The second-order valence-electron chi connectivity index (χ2n) is 6.98. The summed E-state index contributed by atoms with van der Waals surface area (Å²) in [6, 6.07) is 7.14. The molecular weight excluding hydrogens is 462 g/mol. The van der Waals surface area contributed by atoms with Gasteiger partial charge in [-0.2, -0.15) is 18.3 Å². The summed E-state index contributed by atoms with van der Waals surface area (Å²) >= 11 is 6.21. The van der Waals surface area contributed by atoms with Crippen LogP contribution in [0.25, 0.3) is 22.3 Å². The minimum Gasteiger partial charge on any atom is -0.493 e. The van der Waals surface area contributed by atoms with Crippen molar-refractivity contribution in [2.24, 2.45) is 0 Å². The monoisotopic (exact) mass is 479 g/mol. The molecule has 0 aliphatic carbocycles. The summed E-state index contributed by atoms with van der Waals surface area (Å²) < 4.78 is 59.0. The number of rotatable bonds is 6. The summed E-state index contributed by atoms with van der Waals surface area (Å²) in [7, 11) is 0. The first kappa shape index (κ1) is 22.8.